The summed E-state index contributed by atoms with van der Waals surface area (Å²) in [6.45, 7) is 11.0. The Morgan fingerprint density at radius 2 is 1.38 bits per heavy atom. The van der Waals surface area contributed by atoms with Gasteiger partial charge >= 0.3 is 5.97 Å². The maximum Gasteiger partial charge on any atom is 0.305 e. The van der Waals surface area contributed by atoms with Gasteiger partial charge in [0.2, 0.25) is 0 Å². The van der Waals surface area contributed by atoms with Crippen molar-refractivity contribution in [2.45, 2.75) is 73.1 Å². The standard InChI is InChI=1S/C19H32O2/c1-6-19(20)21-15-9-14-18(5)13-8-12-17(4)11-7-10-16(2)3/h10,12,14H,6-9,11,13,15H2,1-5H3/b17-12+,18-14+. The van der Waals surface area contributed by atoms with Gasteiger partial charge in [0.25, 0.3) is 0 Å². The van der Waals surface area contributed by atoms with Crippen molar-refractivity contribution in [3.63, 3.8) is 0 Å². The molecule has 0 bridgehead atoms. The van der Waals surface area contributed by atoms with Crippen LogP contribution in [0.15, 0.2) is 34.9 Å². The number of allylic oxidation sites excluding steroid dienone is 5. The summed E-state index contributed by atoms with van der Waals surface area (Å²) >= 11 is 0. The van der Waals surface area contributed by atoms with Crippen molar-refractivity contribution in [1.82, 2.24) is 0 Å². The summed E-state index contributed by atoms with van der Waals surface area (Å²) in [5.41, 5.74) is 4.23. The third kappa shape index (κ3) is 13.4. The quantitative estimate of drug-likeness (QED) is 0.291. The van der Waals surface area contributed by atoms with Gasteiger partial charge in [0, 0.05) is 6.42 Å². The number of carbonyl (C=O) groups is 1. The van der Waals surface area contributed by atoms with Crippen LogP contribution in [-0.4, -0.2) is 12.6 Å². The van der Waals surface area contributed by atoms with Crippen molar-refractivity contribution < 1.29 is 9.53 Å². The van der Waals surface area contributed by atoms with E-state index in [1.807, 2.05) is 6.92 Å². The molecule has 0 amide bonds. The fourth-order valence-corrected chi connectivity index (χ4v) is 1.92. The van der Waals surface area contributed by atoms with Crippen molar-refractivity contribution >= 4 is 5.97 Å². The Labute approximate surface area is 131 Å². The van der Waals surface area contributed by atoms with Crippen LogP contribution in [0.1, 0.15) is 73.1 Å². The van der Waals surface area contributed by atoms with Crippen molar-refractivity contribution in [3.05, 3.63) is 34.9 Å². The molecule has 0 aliphatic rings. The number of hydrogen-bond acceptors (Lipinski definition) is 2. The molecule has 0 atom stereocenters. The van der Waals surface area contributed by atoms with Gasteiger partial charge in [-0.1, -0.05) is 41.9 Å². The lowest BCUT2D eigenvalue weighted by Crippen LogP contribution is -2.02. The highest BCUT2D eigenvalue weighted by Gasteiger charge is 1.96. The minimum atomic E-state index is -0.115. The third-order valence-corrected chi connectivity index (χ3v) is 3.29. The van der Waals surface area contributed by atoms with Crippen molar-refractivity contribution in [1.29, 1.82) is 0 Å². The summed E-state index contributed by atoms with van der Waals surface area (Å²) in [6.07, 6.45) is 12.6. The van der Waals surface area contributed by atoms with Gasteiger partial charge in [-0.05, 0) is 59.8 Å². The van der Waals surface area contributed by atoms with Gasteiger partial charge < -0.3 is 4.74 Å². The summed E-state index contributed by atoms with van der Waals surface area (Å²) in [5.74, 6) is -0.115. The van der Waals surface area contributed by atoms with E-state index in [0.717, 1.165) is 32.1 Å². The summed E-state index contributed by atoms with van der Waals surface area (Å²) in [4.78, 5) is 11.0. The van der Waals surface area contributed by atoms with E-state index in [2.05, 4.69) is 45.9 Å². The Kier molecular flexibility index (Phi) is 11.7. The van der Waals surface area contributed by atoms with Gasteiger partial charge in [0.05, 0.1) is 6.61 Å². The van der Waals surface area contributed by atoms with E-state index in [0.29, 0.717) is 13.0 Å². The van der Waals surface area contributed by atoms with Crippen LogP contribution in [0.3, 0.4) is 0 Å². The molecule has 0 aromatic rings. The zero-order chi connectivity index (χ0) is 16.1. The molecule has 0 aliphatic heterocycles. The maximum absolute atomic E-state index is 11.0. The van der Waals surface area contributed by atoms with Gasteiger partial charge in [0.1, 0.15) is 0 Å². The van der Waals surface area contributed by atoms with E-state index < -0.39 is 0 Å². The second-order valence-electron chi connectivity index (χ2n) is 5.82. The molecule has 0 N–H and O–H groups in total. The molecule has 0 aromatic heterocycles. The molecule has 21 heavy (non-hydrogen) atoms. The van der Waals surface area contributed by atoms with E-state index >= 15 is 0 Å². The van der Waals surface area contributed by atoms with E-state index in [9.17, 15) is 4.79 Å². The molecule has 0 aliphatic carbocycles. The normalized spacial score (nSPS) is 12.2. The summed E-state index contributed by atoms with van der Waals surface area (Å²) in [5, 5.41) is 0. The van der Waals surface area contributed by atoms with E-state index in [1.165, 1.54) is 16.7 Å². The number of hydrogen-bond donors (Lipinski definition) is 0. The van der Waals surface area contributed by atoms with Crippen molar-refractivity contribution in [3.8, 4) is 0 Å². The van der Waals surface area contributed by atoms with Crippen LogP contribution in [0.4, 0.5) is 0 Å². The highest BCUT2D eigenvalue weighted by atomic mass is 16.5. The largest absolute Gasteiger partial charge is 0.465 e. The SMILES string of the molecule is CCC(=O)OCC/C=C(\C)CC/C=C(\C)CCC=C(C)C. The predicted octanol–water partition coefficient (Wildman–Crippen LogP) is 5.75. The van der Waals surface area contributed by atoms with Gasteiger partial charge in [-0.25, -0.2) is 0 Å². The summed E-state index contributed by atoms with van der Waals surface area (Å²) < 4.78 is 5.05. The second-order valence-corrected chi connectivity index (χ2v) is 5.82. The van der Waals surface area contributed by atoms with Crippen LogP contribution in [0.5, 0.6) is 0 Å². The molecule has 0 aromatic carbocycles. The number of rotatable bonds is 10. The Bertz CT molecular complexity index is 382. The van der Waals surface area contributed by atoms with Crippen LogP contribution in [0.2, 0.25) is 0 Å². The van der Waals surface area contributed by atoms with Gasteiger partial charge in [-0.3, -0.25) is 4.79 Å². The van der Waals surface area contributed by atoms with Crippen LogP contribution in [0.25, 0.3) is 0 Å². The van der Waals surface area contributed by atoms with Gasteiger partial charge in [-0.15, -0.1) is 0 Å². The molecule has 0 saturated carbocycles. The average Bonchev–Trinajstić information content (AvgIpc) is 2.42. The molecule has 0 unspecified atom stereocenters. The minimum absolute atomic E-state index is 0.115. The minimum Gasteiger partial charge on any atom is -0.465 e. The van der Waals surface area contributed by atoms with Crippen LogP contribution in [-0.2, 0) is 9.53 Å². The molecule has 2 heteroatoms. The molecule has 0 heterocycles. The Morgan fingerprint density at radius 3 is 1.90 bits per heavy atom. The van der Waals surface area contributed by atoms with Crippen LogP contribution in [0, 0.1) is 0 Å². The molecule has 0 rings (SSSR count). The number of ether oxygens (including phenoxy) is 1. The molecule has 0 saturated heterocycles. The van der Waals surface area contributed by atoms with E-state index in [-0.39, 0.29) is 5.97 Å². The molecule has 2 nitrogen and oxygen atoms in total. The lowest BCUT2D eigenvalue weighted by atomic mass is 10.1. The molecule has 120 valence electrons. The zero-order valence-corrected chi connectivity index (χ0v) is 14.5. The highest BCUT2D eigenvalue weighted by molar-refractivity contribution is 5.68. The first-order valence-corrected chi connectivity index (χ1v) is 8.06. The molecule has 0 fully saturated rings. The van der Waals surface area contributed by atoms with Crippen molar-refractivity contribution in [2.75, 3.05) is 6.61 Å². The first-order valence-electron chi connectivity index (χ1n) is 8.06. The fraction of sp³-hybridized carbons (Fsp3) is 0.632. The average molecular weight is 292 g/mol. The first kappa shape index (κ1) is 19.7. The first-order chi connectivity index (χ1) is 9.95. The lowest BCUT2D eigenvalue weighted by molar-refractivity contribution is -0.143. The topological polar surface area (TPSA) is 26.3 Å². The smallest absolute Gasteiger partial charge is 0.305 e. The summed E-state index contributed by atoms with van der Waals surface area (Å²) in [7, 11) is 0. The van der Waals surface area contributed by atoms with E-state index in [4.69, 9.17) is 4.74 Å². The maximum atomic E-state index is 11.0. The Balaban J connectivity index is 3.83. The second kappa shape index (κ2) is 12.4. The van der Waals surface area contributed by atoms with Gasteiger partial charge in [0.15, 0.2) is 0 Å². The molecule has 0 radical (unpaired) electrons. The monoisotopic (exact) mass is 292 g/mol. The van der Waals surface area contributed by atoms with Crippen molar-refractivity contribution in [2.24, 2.45) is 0 Å². The van der Waals surface area contributed by atoms with Crippen LogP contribution < -0.4 is 0 Å². The predicted molar refractivity (Wildman–Crippen MR) is 91.3 cm³/mol. The number of esters is 1. The Hall–Kier alpha value is -1.31. The molecular formula is C19H32O2. The van der Waals surface area contributed by atoms with Gasteiger partial charge in [-0.2, -0.15) is 0 Å². The zero-order valence-electron chi connectivity index (χ0n) is 14.5. The van der Waals surface area contributed by atoms with E-state index in [1.54, 1.807) is 0 Å². The third-order valence-electron chi connectivity index (χ3n) is 3.29. The Morgan fingerprint density at radius 1 is 0.857 bits per heavy atom. The summed E-state index contributed by atoms with van der Waals surface area (Å²) in [6, 6.07) is 0. The molecule has 0 spiro atoms. The molecular weight excluding hydrogens is 260 g/mol. The lowest BCUT2D eigenvalue weighted by Gasteiger charge is -2.03. The highest BCUT2D eigenvalue weighted by Crippen LogP contribution is 2.11. The van der Waals surface area contributed by atoms with Crippen LogP contribution >= 0.6 is 0 Å². The fourth-order valence-electron chi connectivity index (χ4n) is 1.92. The number of carbonyl (C=O) groups excluding carboxylic acids is 1.